The molecule has 0 aliphatic heterocycles. The van der Waals surface area contributed by atoms with E-state index in [4.69, 9.17) is 11.1 Å². The van der Waals surface area contributed by atoms with Crippen LogP contribution in [0.1, 0.15) is 12.5 Å². The Kier molecular flexibility index (Phi) is 4.55. The number of anilines is 1. The van der Waals surface area contributed by atoms with Crippen molar-refractivity contribution < 1.29 is 4.39 Å². The molecule has 0 amide bonds. The van der Waals surface area contributed by atoms with Gasteiger partial charge in [-0.1, -0.05) is 18.3 Å². The van der Waals surface area contributed by atoms with E-state index in [1.165, 1.54) is 30.0 Å². The molecule has 0 spiro atoms. The van der Waals surface area contributed by atoms with Crippen molar-refractivity contribution in [1.82, 2.24) is 0 Å². The summed E-state index contributed by atoms with van der Waals surface area (Å²) in [6.45, 7) is 5.44. The highest BCUT2D eigenvalue weighted by molar-refractivity contribution is 8.17. The number of thioether (sulfide) groups is 1. The Morgan fingerprint density at radius 1 is 1.65 bits per heavy atom. The van der Waals surface area contributed by atoms with Crippen molar-refractivity contribution in [2.45, 2.75) is 6.92 Å². The summed E-state index contributed by atoms with van der Waals surface area (Å²) in [6, 6.07) is 5.83. The number of halogens is 1. The first kappa shape index (κ1) is 13.1. The average Bonchev–Trinajstić information content (AvgIpc) is 2.29. The largest absolute Gasteiger partial charge is 0.349 e. The first-order chi connectivity index (χ1) is 8.06. The molecule has 0 radical (unpaired) electrons. The highest BCUT2D eigenvalue weighted by Crippen LogP contribution is 2.22. The van der Waals surface area contributed by atoms with Crippen molar-refractivity contribution in [3.05, 3.63) is 41.2 Å². The second-order valence-corrected chi connectivity index (χ2v) is 4.39. The Morgan fingerprint density at radius 3 is 2.94 bits per heavy atom. The molecule has 1 aromatic carbocycles. The zero-order valence-corrected chi connectivity index (χ0v) is 10.0. The Morgan fingerprint density at radius 2 is 2.35 bits per heavy atom. The highest BCUT2D eigenvalue weighted by atomic mass is 32.2. The Bertz CT molecular complexity index is 505. The molecule has 1 aromatic rings. The van der Waals surface area contributed by atoms with Crippen LogP contribution in [-0.4, -0.2) is 5.04 Å². The highest BCUT2D eigenvalue weighted by Gasteiger charge is 2.05. The molecule has 0 heterocycles. The molecule has 4 nitrogen and oxygen atoms in total. The van der Waals surface area contributed by atoms with E-state index >= 15 is 0 Å². The van der Waals surface area contributed by atoms with Crippen molar-refractivity contribution in [3.63, 3.8) is 0 Å². The lowest BCUT2D eigenvalue weighted by Crippen LogP contribution is -2.01. The second kappa shape index (κ2) is 5.92. The van der Waals surface area contributed by atoms with E-state index in [-0.39, 0.29) is 0 Å². The molecule has 0 unspecified atom stereocenters. The van der Waals surface area contributed by atoms with Gasteiger partial charge in [0.25, 0.3) is 0 Å². The normalized spacial score (nSPS) is 10.8. The molecule has 0 saturated carbocycles. The first-order valence-corrected chi connectivity index (χ1v) is 5.46. The molecule has 0 aliphatic rings. The van der Waals surface area contributed by atoms with Gasteiger partial charge in [-0.3, -0.25) is 0 Å². The number of rotatable bonds is 3. The molecule has 88 valence electrons. The molecular weight excluding hydrogens is 239 g/mol. The van der Waals surface area contributed by atoms with E-state index < -0.39 is 5.82 Å². The van der Waals surface area contributed by atoms with Crippen molar-refractivity contribution in [1.29, 1.82) is 5.26 Å². The molecule has 17 heavy (non-hydrogen) atoms. The third-order valence-corrected chi connectivity index (χ3v) is 2.58. The van der Waals surface area contributed by atoms with E-state index in [1.54, 1.807) is 6.92 Å². The number of benzene rings is 1. The standard InChI is InChI=1S/C11H11FN4S/c1-7(17-8(2)16-14)15-11-5-10(12)4-3-9(11)6-13/h3-5,15H,1,14H2,2H3/b16-8-. The number of nitriles is 1. The summed E-state index contributed by atoms with van der Waals surface area (Å²) in [5.41, 5.74) is 0.713. The maximum Gasteiger partial charge on any atom is 0.125 e. The minimum Gasteiger partial charge on any atom is -0.349 e. The monoisotopic (exact) mass is 250 g/mol. The number of hydrogen-bond acceptors (Lipinski definition) is 5. The van der Waals surface area contributed by atoms with Crippen LogP contribution in [0.2, 0.25) is 0 Å². The van der Waals surface area contributed by atoms with Crippen LogP contribution in [-0.2, 0) is 0 Å². The third kappa shape index (κ3) is 3.81. The van der Waals surface area contributed by atoms with E-state index in [0.29, 0.717) is 21.3 Å². The minimum absolute atomic E-state index is 0.343. The van der Waals surface area contributed by atoms with Crippen LogP contribution in [0.3, 0.4) is 0 Å². The van der Waals surface area contributed by atoms with Crippen molar-refractivity contribution >= 4 is 22.5 Å². The predicted molar refractivity (Wildman–Crippen MR) is 68.8 cm³/mol. The van der Waals surface area contributed by atoms with Crippen LogP contribution >= 0.6 is 11.8 Å². The first-order valence-electron chi connectivity index (χ1n) is 4.64. The summed E-state index contributed by atoms with van der Waals surface area (Å²) in [6.07, 6.45) is 0. The molecule has 0 saturated heterocycles. The number of nitrogens with zero attached hydrogens (tertiary/aromatic N) is 2. The smallest absolute Gasteiger partial charge is 0.125 e. The summed E-state index contributed by atoms with van der Waals surface area (Å²) >= 11 is 1.21. The fraction of sp³-hybridized carbons (Fsp3) is 0.0909. The van der Waals surface area contributed by atoms with Crippen LogP contribution in [0, 0.1) is 17.1 Å². The molecule has 0 atom stereocenters. The Labute approximate surface area is 103 Å². The zero-order chi connectivity index (χ0) is 12.8. The van der Waals surface area contributed by atoms with Gasteiger partial charge in [-0.2, -0.15) is 10.4 Å². The summed E-state index contributed by atoms with van der Waals surface area (Å²) in [5, 5.41) is 16.3. The summed E-state index contributed by atoms with van der Waals surface area (Å²) in [4.78, 5) is 0. The average molecular weight is 250 g/mol. The van der Waals surface area contributed by atoms with Crippen molar-refractivity contribution in [2.75, 3.05) is 5.32 Å². The molecule has 0 aliphatic carbocycles. The molecule has 0 bridgehead atoms. The summed E-state index contributed by atoms with van der Waals surface area (Å²) < 4.78 is 13.0. The lowest BCUT2D eigenvalue weighted by atomic mass is 10.2. The number of hydrogen-bond donors (Lipinski definition) is 2. The van der Waals surface area contributed by atoms with Gasteiger partial charge in [0.05, 0.1) is 21.3 Å². The van der Waals surface area contributed by atoms with Gasteiger partial charge < -0.3 is 11.2 Å². The molecule has 6 heteroatoms. The molecular formula is C11H11FN4S. The zero-order valence-electron chi connectivity index (χ0n) is 9.20. The van der Waals surface area contributed by atoms with Gasteiger partial charge >= 0.3 is 0 Å². The summed E-state index contributed by atoms with van der Waals surface area (Å²) in [5.74, 6) is 4.66. The van der Waals surface area contributed by atoms with E-state index in [9.17, 15) is 4.39 Å². The second-order valence-electron chi connectivity index (χ2n) is 3.10. The molecule has 3 N–H and O–H groups in total. The lowest BCUT2D eigenvalue weighted by Gasteiger charge is -2.09. The predicted octanol–water partition coefficient (Wildman–Crippen LogP) is 2.61. The maximum absolute atomic E-state index is 13.0. The van der Waals surface area contributed by atoms with Gasteiger partial charge in [-0.05, 0) is 25.1 Å². The van der Waals surface area contributed by atoms with E-state index in [1.807, 2.05) is 6.07 Å². The SMILES string of the molecule is C=C(Nc1cc(F)ccc1C#N)S/C(C)=N\N. The minimum atomic E-state index is -0.423. The Balaban J connectivity index is 2.85. The number of nitrogens with one attached hydrogen (secondary N) is 1. The maximum atomic E-state index is 13.0. The van der Waals surface area contributed by atoms with Crippen molar-refractivity contribution in [3.8, 4) is 6.07 Å². The van der Waals surface area contributed by atoms with Gasteiger partial charge in [-0.25, -0.2) is 4.39 Å². The van der Waals surface area contributed by atoms with Crippen LogP contribution in [0.15, 0.2) is 34.9 Å². The fourth-order valence-electron chi connectivity index (χ4n) is 1.10. The van der Waals surface area contributed by atoms with Gasteiger partial charge in [0.1, 0.15) is 11.9 Å². The van der Waals surface area contributed by atoms with Crippen LogP contribution in [0.4, 0.5) is 10.1 Å². The lowest BCUT2D eigenvalue weighted by molar-refractivity contribution is 0.628. The molecule has 1 rings (SSSR count). The van der Waals surface area contributed by atoms with Gasteiger partial charge in [0, 0.05) is 0 Å². The summed E-state index contributed by atoms with van der Waals surface area (Å²) in [7, 11) is 0. The quantitative estimate of drug-likeness (QED) is 0.374. The third-order valence-electron chi connectivity index (χ3n) is 1.83. The van der Waals surface area contributed by atoms with Crippen LogP contribution < -0.4 is 11.2 Å². The van der Waals surface area contributed by atoms with E-state index in [0.717, 1.165) is 0 Å². The van der Waals surface area contributed by atoms with Gasteiger partial charge in [0.15, 0.2) is 0 Å². The topological polar surface area (TPSA) is 74.2 Å². The molecule has 0 fully saturated rings. The van der Waals surface area contributed by atoms with Crippen molar-refractivity contribution in [2.24, 2.45) is 10.9 Å². The molecule has 0 aromatic heterocycles. The fourth-order valence-corrected chi connectivity index (χ4v) is 1.67. The number of hydrazone groups is 1. The number of nitrogens with two attached hydrogens (primary N) is 1. The Hall–Kier alpha value is -2.00. The van der Waals surface area contributed by atoms with Crippen LogP contribution in [0.25, 0.3) is 0 Å². The van der Waals surface area contributed by atoms with E-state index in [2.05, 4.69) is 17.0 Å². The van der Waals surface area contributed by atoms with Gasteiger partial charge in [-0.15, -0.1) is 0 Å². The van der Waals surface area contributed by atoms with Gasteiger partial charge in [0.2, 0.25) is 0 Å². The van der Waals surface area contributed by atoms with Crippen LogP contribution in [0.5, 0.6) is 0 Å².